The molecule has 1 heterocycles. The molecule has 16 heavy (non-hydrogen) atoms. The van der Waals surface area contributed by atoms with Crippen molar-refractivity contribution in [1.82, 2.24) is 9.55 Å². The molecule has 0 saturated heterocycles. The van der Waals surface area contributed by atoms with Gasteiger partial charge in [0.1, 0.15) is 5.75 Å². The topological polar surface area (TPSA) is 53.1 Å². The molecule has 2 aromatic rings. The fraction of sp³-hybridized carbons (Fsp3) is 0.250. The van der Waals surface area contributed by atoms with Gasteiger partial charge in [0.15, 0.2) is 0 Å². The van der Waals surface area contributed by atoms with Crippen molar-refractivity contribution in [3.05, 3.63) is 48.0 Å². The van der Waals surface area contributed by atoms with Gasteiger partial charge in [-0.2, -0.15) is 0 Å². The van der Waals surface area contributed by atoms with Crippen LogP contribution in [-0.2, 0) is 7.05 Å². The molecule has 4 nitrogen and oxygen atoms in total. The second-order valence-electron chi connectivity index (χ2n) is 3.71. The van der Waals surface area contributed by atoms with Gasteiger partial charge in [-0.3, -0.25) is 0 Å². The van der Waals surface area contributed by atoms with Gasteiger partial charge in [-0.15, -0.1) is 0 Å². The maximum absolute atomic E-state index is 6.10. The van der Waals surface area contributed by atoms with E-state index in [0.717, 1.165) is 17.0 Å². The summed E-state index contributed by atoms with van der Waals surface area (Å²) in [5.41, 5.74) is 8.00. The number of nitrogens with two attached hydrogens (primary N) is 1. The van der Waals surface area contributed by atoms with Gasteiger partial charge in [-0.25, -0.2) is 4.98 Å². The van der Waals surface area contributed by atoms with E-state index < -0.39 is 0 Å². The highest BCUT2D eigenvalue weighted by Gasteiger charge is 2.11. The number of aromatic nitrogens is 2. The number of hydrogen-bond donors (Lipinski definition) is 1. The van der Waals surface area contributed by atoms with E-state index in [2.05, 4.69) is 4.98 Å². The van der Waals surface area contributed by atoms with Gasteiger partial charge in [0, 0.05) is 13.2 Å². The lowest BCUT2D eigenvalue weighted by molar-refractivity contribution is 0.414. The maximum atomic E-state index is 6.10. The van der Waals surface area contributed by atoms with E-state index in [1.54, 1.807) is 13.4 Å². The van der Waals surface area contributed by atoms with Crippen molar-refractivity contribution in [2.24, 2.45) is 12.8 Å². The Balaban J connectivity index is 2.23. The van der Waals surface area contributed by atoms with Gasteiger partial charge in [0.25, 0.3) is 0 Å². The Bertz CT molecular complexity index is 461. The van der Waals surface area contributed by atoms with Crippen LogP contribution in [0.4, 0.5) is 0 Å². The lowest BCUT2D eigenvalue weighted by Crippen LogP contribution is -2.12. The smallest absolute Gasteiger partial charge is 0.118 e. The molecule has 0 amide bonds. The molecule has 0 spiro atoms. The van der Waals surface area contributed by atoms with Crippen molar-refractivity contribution in [3.63, 3.8) is 0 Å². The van der Waals surface area contributed by atoms with Crippen LogP contribution < -0.4 is 10.5 Å². The van der Waals surface area contributed by atoms with Gasteiger partial charge in [0.05, 0.1) is 25.2 Å². The van der Waals surface area contributed by atoms with Gasteiger partial charge >= 0.3 is 0 Å². The van der Waals surface area contributed by atoms with Crippen LogP contribution >= 0.6 is 0 Å². The lowest BCUT2D eigenvalue weighted by Gasteiger charge is -2.09. The number of benzene rings is 1. The predicted molar refractivity (Wildman–Crippen MR) is 62.2 cm³/mol. The van der Waals surface area contributed by atoms with Crippen LogP contribution in [-0.4, -0.2) is 16.7 Å². The number of ether oxygens (including phenoxy) is 1. The van der Waals surface area contributed by atoms with E-state index in [1.807, 2.05) is 42.1 Å². The molecule has 0 bridgehead atoms. The zero-order valence-electron chi connectivity index (χ0n) is 9.42. The van der Waals surface area contributed by atoms with Crippen molar-refractivity contribution in [3.8, 4) is 5.75 Å². The standard InChI is InChI=1S/C12H15N3O/c1-15-7-11(14-8-15)12(13)9-3-5-10(16-2)6-4-9/h3-8,12H,13H2,1-2H3. The number of methoxy groups -OCH3 is 1. The first-order chi connectivity index (χ1) is 7.70. The summed E-state index contributed by atoms with van der Waals surface area (Å²) < 4.78 is 6.99. The summed E-state index contributed by atoms with van der Waals surface area (Å²) in [5.74, 6) is 0.831. The first-order valence-electron chi connectivity index (χ1n) is 5.08. The third-order valence-electron chi connectivity index (χ3n) is 2.52. The predicted octanol–water partition coefficient (Wildman–Crippen LogP) is 1.48. The van der Waals surface area contributed by atoms with E-state index in [4.69, 9.17) is 10.5 Å². The summed E-state index contributed by atoms with van der Waals surface area (Å²) in [7, 11) is 3.57. The van der Waals surface area contributed by atoms with Crippen LogP contribution in [0, 0.1) is 0 Å². The molecule has 0 aliphatic rings. The molecule has 0 fully saturated rings. The van der Waals surface area contributed by atoms with E-state index in [-0.39, 0.29) is 6.04 Å². The number of rotatable bonds is 3. The average molecular weight is 217 g/mol. The van der Waals surface area contributed by atoms with E-state index in [9.17, 15) is 0 Å². The zero-order valence-corrected chi connectivity index (χ0v) is 9.42. The molecule has 2 N–H and O–H groups in total. The van der Waals surface area contributed by atoms with Gasteiger partial charge in [-0.05, 0) is 17.7 Å². The van der Waals surface area contributed by atoms with Crippen LogP contribution in [0.25, 0.3) is 0 Å². The Kier molecular flexibility index (Phi) is 2.92. The van der Waals surface area contributed by atoms with Gasteiger partial charge in [-0.1, -0.05) is 12.1 Å². The summed E-state index contributed by atoms with van der Waals surface area (Å²) in [6.45, 7) is 0. The molecule has 1 unspecified atom stereocenters. The summed E-state index contributed by atoms with van der Waals surface area (Å²) in [4.78, 5) is 4.24. The number of nitrogens with zero attached hydrogens (tertiary/aromatic N) is 2. The molecular weight excluding hydrogens is 202 g/mol. The summed E-state index contributed by atoms with van der Waals surface area (Å²) in [6.07, 6.45) is 3.67. The molecule has 1 atom stereocenters. The number of imidazole rings is 1. The third-order valence-corrected chi connectivity index (χ3v) is 2.52. The summed E-state index contributed by atoms with van der Waals surface area (Å²) in [6, 6.07) is 7.53. The monoisotopic (exact) mass is 217 g/mol. The first-order valence-corrected chi connectivity index (χ1v) is 5.08. The Morgan fingerprint density at radius 3 is 2.50 bits per heavy atom. The van der Waals surface area contributed by atoms with Crippen LogP contribution in [0.15, 0.2) is 36.8 Å². The lowest BCUT2D eigenvalue weighted by atomic mass is 10.1. The second kappa shape index (κ2) is 4.37. The van der Waals surface area contributed by atoms with Crippen LogP contribution in [0.1, 0.15) is 17.3 Å². The van der Waals surface area contributed by atoms with E-state index >= 15 is 0 Å². The van der Waals surface area contributed by atoms with Crippen molar-refractivity contribution >= 4 is 0 Å². The Hall–Kier alpha value is -1.81. The van der Waals surface area contributed by atoms with Crippen LogP contribution in [0.2, 0.25) is 0 Å². The van der Waals surface area contributed by atoms with Gasteiger partial charge in [0.2, 0.25) is 0 Å². The molecular formula is C12H15N3O. The largest absolute Gasteiger partial charge is 0.497 e. The third kappa shape index (κ3) is 2.06. The normalized spacial score (nSPS) is 12.4. The molecule has 1 aromatic heterocycles. The molecule has 84 valence electrons. The highest BCUT2D eigenvalue weighted by atomic mass is 16.5. The van der Waals surface area contributed by atoms with Crippen molar-refractivity contribution in [2.75, 3.05) is 7.11 Å². The Morgan fingerprint density at radius 1 is 1.31 bits per heavy atom. The fourth-order valence-corrected chi connectivity index (χ4v) is 1.58. The van der Waals surface area contributed by atoms with Gasteiger partial charge < -0.3 is 15.0 Å². The molecule has 0 saturated carbocycles. The summed E-state index contributed by atoms with van der Waals surface area (Å²) in [5, 5.41) is 0. The van der Waals surface area contributed by atoms with Crippen LogP contribution in [0.5, 0.6) is 5.75 Å². The van der Waals surface area contributed by atoms with Crippen molar-refractivity contribution in [2.45, 2.75) is 6.04 Å². The van der Waals surface area contributed by atoms with Crippen LogP contribution in [0.3, 0.4) is 0 Å². The zero-order chi connectivity index (χ0) is 11.5. The molecule has 1 aromatic carbocycles. The SMILES string of the molecule is COc1ccc(C(N)c2cn(C)cn2)cc1. The highest BCUT2D eigenvalue weighted by molar-refractivity contribution is 5.32. The van der Waals surface area contributed by atoms with Crippen molar-refractivity contribution < 1.29 is 4.74 Å². The fourth-order valence-electron chi connectivity index (χ4n) is 1.58. The van der Waals surface area contributed by atoms with E-state index in [0.29, 0.717) is 0 Å². The minimum Gasteiger partial charge on any atom is -0.497 e. The first kappa shape index (κ1) is 10.7. The minimum absolute atomic E-state index is 0.188. The number of aryl methyl sites for hydroxylation is 1. The Labute approximate surface area is 94.7 Å². The molecule has 4 heteroatoms. The molecule has 0 radical (unpaired) electrons. The number of hydrogen-bond acceptors (Lipinski definition) is 3. The average Bonchev–Trinajstić information content (AvgIpc) is 2.75. The molecule has 0 aliphatic carbocycles. The van der Waals surface area contributed by atoms with E-state index in [1.165, 1.54) is 0 Å². The molecule has 2 rings (SSSR count). The van der Waals surface area contributed by atoms with Crippen molar-refractivity contribution in [1.29, 1.82) is 0 Å². The quantitative estimate of drug-likeness (QED) is 0.847. The maximum Gasteiger partial charge on any atom is 0.118 e. The highest BCUT2D eigenvalue weighted by Crippen LogP contribution is 2.20. The second-order valence-corrected chi connectivity index (χ2v) is 3.71. The molecule has 0 aliphatic heterocycles. The minimum atomic E-state index is -0.188. The summed E-state index contributed by atoms with van der Waals surface area (Å²) >= 11 is 0. The Morgan fingerprint density at radius 2 is 2.00 bits per heavy atom.